The third kappa shape index (κ3) is 4.56. The molecule has 3 atom stereocenters. The maximum atomic E-state index is 12.3. The number of phenols is 1. The number of carbonyl (C=O) groups excluding carboxylic acids is 1. The molecule has 31 heavy (non-hydrogen) atoms. The van der Waals surface area contributed by atoms with Gasteiger partial charge in [0.15, 0.2) is 0 Å². The van der Waals surface area contributed by atoms with E-state index < -0.39 is 5.60 Å². The molecule has 6 heteroatoms. The zero-order chi connectivity index (χ0) is 22.4. The molecule has 0 unspecified atom stereocenters. The molecule has 6 nitrogen and oxygen atoms in total. The summed E-state index contributed by atoms with van der Waals surface area (Å²) in [7, 11) is 2.24. The Morgan fingerprint density at radius 3 is 2.65 bits per heavy atom. The molecule has 2 saturated heterocycles. The van der Waals surface area contributed by atoms with Crippen molar-refractivity contribution in [2.45, 2.75) is 76.5 Å². The topological polar surface area (TPSA) is 65.0 Å². The molecule has 2 heterocycles. The molecule has 0 spiro atoms. The third-order valence-electron chi connectivity index (χ3n) is 7.65. The molecule has 3 aliphatic rings. The number of nitrogens with zero attached hydrogens (tertiary/aromatic N) is 2. The minimum absolute atomic E-state index is 0.0285. The average molecular weight is 430 g/mol. The SMILES string of the molecule is CN1CC[C@@]2(C)c3cc(O)ccc3C[C@@H]1[C@H]2NCC1CCN(C(=O)OC(C)(C)C)CC1. The van der Waals surface area contributed by atoms with Crippen LogP contribution in [0.25, 0.3) is 0 Å². The molecule has 1 amide bonds. The number of benzene rings is 1. The van der Waals surface area contributed by atoms with E-state index in [2.05, 4.69) is 30.3 Å². The van der Waals surface area contributed by atoms with Gasteiger partial charge in [-0.1, -0.05) is 13.0 Å². The van der Waals surface area contributed by atoms with E-state index in [-0.39, 0.29) is 11.5 Å². The maximum Gasteiger partial charge on any atom is 0.410 e. The standard InChI is InChI=1S/C25H39N3O3/c1-24(2,3)31-23(30)28-11-8-17(9-12-28)16-26-22-21-14-18-6-7-19(29)15-20(18)25(22,4)10-13-27(21)5/h6-7,15,17,21-22,26,29H,8-14,16H2,1-5H3/t21-,22-,25+/m1/s1. The number of likely N-dealkylation sites (tertiary alicyclic amines) is 2. The van der Waals surface area contributed by atoms with Crippen LogP contribution in [0.1, 0.15) is 58.1 Å². The third-order valence-corrected chi connectivity index (χ3v) is 7.65. The van der Waals surface area contributed by atoms with Crippen LogP contribution in [-0.2, 0) is 16.6 Å². The van der Waals surface area contributed by atoms with Crippen LogP contribution >= 0.6 is 0 Å². The van der Waals surface area contributed by atoms with Gasteiger partial charge < -0.3 is 25.0 Å². The molecule has 0 saturated carbocycles. The van der Waals surface area contributed by atoms with Crippen LogP contribution in [0.2, 0.25) is 0 Å². The van der Waals surface area contributed by atoms with Gasteiger partial charge in [0.1, 0.15) is 11.4 Å². The van der Waals surface area contributed by atoms with Crippen LogP contribution in [0.3, 0.4) is 0 Å². The van der Waals surface area contributed by atoms with Gasteiger partial charge in [0.05, 0.1) is 0 Å². The van der Waals surface area contributed by atoms with Gasteiger partial charge in [-0.05, 0) is 95.8 Å². The molecule has 1 aliphatic carbocycles. The fourth-order valence-electron chi connectivity index (χ4n) is 5.79. The second-order valence-corrected chi connectivity index (χ2v) is 11.1. The lowest BCUT2D eigenvalue weighted by atomic mass is 9.61. The van der Waals surface area contributed by atoms with Gasteiger partial charge in [-0.2, -0.15) is 0 Å². The minimum atomic E-state index is -0.444. The van der Waals surface area contributed by atoms with Crippen molar-refractivity contribution in [3.05, 3.63) is 29.3 Å². The second-order valence-electron chi connectivity index (χ2n) is 11.1. The van der Waals surface area contributed by atoms with Gasteiger partial charge in [-0.25, -0.2) is 4.79 Å². The van der Waals surface area contributed by atoms with Gasteiger partial charge in [-0.3, -0.25) is 0 Å². The second kappa shape index (κ2) is 8.28. The molecular weight excluding hydrogens is 390 g/mol. The van der Waals surface area contributed by atoms with Gasteiger partial charge in [0.25, 0.3) is 0 Å². The molecule has 172 valence electrons. The van der Waals surface area contributed by atoms with Crippen molar-refractivity contribution < 1.29 is 14.6 Å². The summed E-state index contributed by atoms with van der Waals surface area (Å²) >= 11 is 0. The van der Waals surface area contributed by atoms with E-state index in [1.165, 1.54) is 11.1 Å². The first kappa shape index (κ1) is 22.4. The molecule has 1 aromatic carbocycles. The van der Waals surface area contributed by atoms with Crippen molar-refractivity contribution in [1.82, 2.24) is 15.1 Å². The number of rotatable bonds is 3. The Bertz CT molecular complexity index is 813. The van der Waals surface area contributed by atoms with Crippen LogP contribution < -0.4 is 5.32 Å². The summed E-state index contributed by atoms with van der Waals surface area (Å²) < 4.78 is 5.53. The van der Waals surface area contributed by atoms with Crippen LogP contribution in [-0.4, -0.2) is 71.9 Å². The summed E-state index contributed by atoms with van der Waals surface area (Å²) in [5, 5.41) is 14.1. The number of amides is 1. The quantitative estimate of drug-likeness (QED) is 0.770. The average Bonchev–Trinajstić information content (AvgIpc) is 2.70. The number of hydrogen-bond donors (Lipinski definition) is 2. The Balaban J connectivity index is 1.39. The van der Waals surface area contributed by atoms with Gasteiger partial charge in [-0.15, -0.1) is 0 Å². The molecule has 1 aromatic rings. The summed E-state index contributed by atoms with van der Waals surface area (Å²) in [6, 6.07) is 6.76. The molecule has 0 aromatic heterocycles. The Kier molecular flexibility index (Phi) is 5.99. The number of fused-ring (bicyclic) bond motifs is 4. The highest BCUT2D eigenvalue weighted by Crippen LogP contribution is 2.45. The minimum Gasteiger partial charge on any atom is -0.508 e. The Hall–Kier alpha value is -1.79. The van der Waals surface area contributed by atoms with Crippen molar-refractivity contribution in [2.75, 3.05) is 33.2 Å². The molecular formula is C25H39N3O3. The van der Waals surface area contributed by atoms with Crippen LogP contribution in [0.5, 0.6) is 5.75 Å². The number of hydrogen-bond acceptors (Lipinski definition) is 5. The lowest BCUT2D eigenvalue weighted by Crippen LogP contribution is -2.66. The smallest absolute Gasteiger partial charge is 0.410 e. The molecule has 0 radical (unpaired) electrons. The first-order chi connectivity index (χ1) is 14.6. The monoisotopic (exact) mass is 429 g/mol. The maximum absolute atomic E-state index is 12.3. The van der Waals surface area contributed by atoms with Crippen molar-refractivity contribution in [1.29, 1.82) is 0 Å². The number of ether oxygens (including phenoxy) is 1. The highest BCUT2D eigenvalue weighted by atomic mass is 16.6. The van der Waals surface area contributed by atoms with E-state index in [0.29, 0.717) is 23.8 Å². The van der Waals surface area contributed by atoms with Crippen LogP contribution in [0.4, 0.5) is 4.79 Å². The summed E-state index contributed by atoms with van der Waals surface area (Å²) in [5.74, 6) is 0.935. The first-order valence-corrected chi connectivity index (χ1v) is 11.8. The summed E-state index contributed by atoms with van der Waals surface area (Å²) in [5.41, 5.74) is 2.27. The fourth-order valence-corrected chi connectivity index (χ4v) is 5.79. The van der Waals surface area contributed by atoms with Crippen LogP contribution in [0, 0.1) is 5.92 Å². The van der Waals surface area contributed by atoms with Crippen molar-refractivity contribution in [3.63, 3.8) is 0 Å². The Morgan fingerprint density at radius 2 is 1.97 bits per heavy atom. The summed E-state index contributed by atoms with van der Waals surface area (Å²) in [4.78, 5) is 16.7. The predicted molar refractivity (Wildman–Crippen MR) is 123 cm³/mol. The zero-order valence-corrected chi connectivity index (χ0v) is 19.8. The molecule has 2 bridgehead atoms. The van der Waals surface area contributed by atoms with Gasteiger partial charge in [0, 0.05) is 30.6 Å². The lowest BCUT2D eigenvalue weighted by Gasteiger charge is -2.55. The van der Waals surface area contributed by atoms with Gasteiger partial charge in [0.2, 0.25) is 0 Å². The number of phenolic OH excluding ortho intramolecular Hbond substituents is 1. The molecule has 4 rings (SSSR count). The molecule has 2 N–H and O–H groups in total. The van der Waals surface area contributed by atoms with Crippen molar-refractivity contribution >= 4 is 6.09 Å². The van der Waals surface area contributed by atoms with Gasteiger partial charge >= 0.3 is 6.09 Å². The fraction of sp³-hybridized carbons (Fsp3) is 0.720. The summed E-state index contributed by atoms with van der Waals surface area (Å²) in [6.07, 6.45) is 3.94. The number of carbonyl (C=O) groups is 1. The van der Waals surface area contributed by atoms with E-state index >= 15 is 0 Å². The highest BCUT2D eigenvalue weighted by Gasteiger charge is 2.49. The van der Waals surface area contributed by atoms with Crippen LogP contribution in [0.15, 0.2) is 18.2 Å². The molecule has 2 fully saturated rings. The Labute approximate surface area is 186 Å². The largest absolute Gasteiger partial charge is 0.508 e. The first-order valence-electron chi connectivity index (χ1n) is 11.8. The zero-order valence-electron chi connectivity index (χ0n) is 19.8. The predicted octanol–water partition coefficient (Wildman–Crippen LogP) is 3.52. The Morgan fingerprint density at radius 1 is 1.26 bits per heavy atom. The normalized spacial score (nSPS) is 29.5. The van der Waals surface area contributed by atoms with E-state index in [0.717, 1.165) is 51.9 Å². The lowest BCUT2D eigenvalue weighted by molar-refractivity contribution is 0.0174. The van der Waals surface area contributed by atoms with E-state index in [9.17, 15) is 9.90 Å². The van der Waals surface area contributed by atoms with E-state index in [1.54, 1.807) is 0 Å². The van der Waals surface area contributed by atoms with E-state index in [1.807, 2.05) is 37.8 Å². The number of likely N-dealkylation sites (N-methyl/N-ethyl adjacent to an activating group) is 1. The highest BCUT2D eigenvalue weighted by molar-refractivity contribution is 5.68. The number of nitrogens with one attached hydrogen (secondary N) is 1. The summed E-state index contributed by atoms with van der Waals surface area (Å²) in [6.45, 7) is 11.7. The number of aromatic hydroxyl groups is 1. The van der Waals surface area contributed by atoms with Crippen molar-refractivity contribution in [2.24, 2.45) is 5.92 Å². The van der Waals surface area contributed by atoms with E-state index in [4.69, 9.17) is 4.74 Å². The number of piperidine rings is 2. The molecule has 2 aliphatic heterocycles. The van der Waals surface area contributed by atoms with Crippen molar-refractivity contribution in [3.8, 4) is 5.75 Å².